The van der Waals surface area contributed by atoms with Crippen LogP contribution in [0.25, 0.3) is 0 Å². The highest BCUT2D eigenvalue weighted by molar-refractivity contribution is 5.45. The lowest BCUT2D eigenvalue weighted by atomic mass is 10.1. The fraction of sp³-hybridized carbons (Fsp3) is 0.438. The predicted octanol–water partition coefficient (Wildman–Crippen LogP) is 2.68. The zero-order valence-corrected chi connectivity index (χ0v) is 13.1. The van der Waals surface area contributed by atoms with Crippen LogP contribution in [0.3, 0.4) is 0 Å². The molecule has 2 aromatic rings. The van der Waals surface area contributed by atoms with Crippen molar-refractivity contribution in [3.8, 4) is 11.5 Å². The second-order valence-corrected chi connectivity index (χ2v) is 5.11. The summed E-state index contributed by atoms with van der Waals surface area (Å²) in [4.78, 5) is 0. The largest absolute Gasteiger partial charge is 0.504 e. The molecular weight excluding hydrogens is 266 g/mol. The van der Waals surface area contributed by atoms with E-state index < -0.39 is 0 Å². The van der Waals surface area contributed by atoms with Gasteiger partial charge in [0.05, 0.1) is 12.8 Å². The van der Waals surface area contributed by atoms with Crippen molar-refractivity contribution in [2.45, 2.75) is 33.4 Å². The third-order valence-electron chi connectivity index (χ3n) is 3.72. The predicted molar refractivity (Wildman–Crippen MR) is 82.5 cm³/mol. The molecule has 5 heteroatoms. The van der Waals surface area contributed by atoms with Crippen LogP contribution in [0.2, 0.25) is 0 Å². The van der Waals surface area contributed by atoms with Crippen LogP contribution in [0, 0.1) is 6.92 Å². The summed E-state index contributed by atoms with van der Waals surface area (Å²) in [6, 6.07) is 5.72. The van der Waals surface area contributed by atoms with Gasteiger partial charge in [0.1, 0.15) is 0 Å². The number of rotatable bonds is 6. The summed E-state index contributed by atoms with van der Waals surface area (Å²) in [5.41, 5.74) is 3.13. The smallest absolute Gasteiger partial charge is 0.162 e. The fourth-order valence-electron chi connectivity index (χ4n) is 2.30. The first kappa shape index (κ1) is 15.4. The van der Waals surface area contributed by atoms with E-state index in [4.69, 9.17) is 4.74 Å². The lowest BCUT2D eigenvalue weighted by Gasteiger charge is -2.15. The summed E-state index contributed by atoms with van der Waals surface area (Å²) >= 11 is 0. The Morgan fingerprint density at radius 2 is 2.19 bits per heavy atom. The molecule has 2 rings (SSSR count). The van der Waals surface area contributed by atoms with Gasteiger partial charge < -0.3 is 15.2 Å². The Kier molecular flexibility index (Phi) is 4.85. The quantitative estimate of drug-likeness (QED) is 0.858. The standard InChI is InChI=1S/C16H23N3O2/c1-5-21-15-8-6-7-13(16(15)20)9-17-11(2)14-10-18-19(4)12(14)3/h6-8,10-11,17,20H,5,9H2,1-4H3. The number of nitrogens with zero attached hydrogens (tertiary/aromatic N) is 2. The first-order valence-corrected chi connectivity index (χ1v) is 7.20. The van der Waals surface area contributed by atoms with Gasteiger partial charge in [-0.3, -0.25) is 4.68 Å². The second kappa shape index (κ2) is 6.63. The van der Waals surface area contributed by atoms with Gasteiger partial charge in [-0.25, -0.2) is 0 Å². The number of phenols is 1. The van der Waals surface area contributed by atoms with Crippen molar-refractivity contribution < 1.29 is 9.84 Å². The van der Waals surface area contributed by atoms with E-state index in [2.05, 4.69) is 17.3 Å². The molecule has 1 aromatic carbocycles. The van der Waals surface area contributed by atoms with E-state index in [1.165, 1.54) is 0 Å². The maximum Gasteiger partial charge on any atom is 0.162 e. The Morgan fingerprint density at radius 3 is 2.81 bits per heavy atom. The zero-order chi connectivity index (χ0) is 15.4. The summed E-state index contributed by atoms with van der Waals surface area (Å²) in [6.07, 6.45) is 1.88. The van der Waals surface area contributed by atoms with Gasteiger partial charge in [-0.15, -0.1) is 0 Å². The minimum absolute atomic E-state index is 0.161. The topological polar surface area (TPSA) is 59.3 Å². The molecule has 0 aliphatic rings. The summed E-state index contributed by atoms with van der Waals surface area (Å²) in [7, 11) is 1.93. The number of hydrogen-bond donors (Lipinski definition) is 2. The van der Waals surface area contributed by atoms with Gasteiger partial charge in [0.25, 0.3) is 0 Å². The van der Waals surface area contributed by atoms with E-state index in [0.717, 1.165) is 16.8 Å². The number of aromatic nitrogens is 2. The average Bonchev–Trinajstić information content (AvgIpc) is 2.80. The molecule has 1 atom stereocenters. The Bertz CT molecular complexity index is 608. The van der Waals surface area contributed by atoms with Gasteiger partial charge >= 0.3 is 0 Å². The van der Waals surface area contributed by atoms with Crippen molar-refractivity contribution in [3.63, 3.8) is 0 Å². The Morgan fingerprint density at radius 1 is 1.43 bits per heavy atom. The second-order valence-electron chi connectivity index (χ2n) is 5.11. The number of aryl methyl sites for hydroxylation is 1. The van der Waals surface area contributed by atoms with Crippen LogP contribution < -0.4 is 10.1 Å². The normalized spacial score (nSPS) is 12.4. The van der Waals surface area contributed by atoms with Crippen LogP contribution >= 0.6 is 0 Å². The fourth-order valence-corrected chi connectivity index (χ4v) is 2.30. The molecule has 0 radical (unpaired) electrons. The van der Waals surface area contributed by atoms with Crippen molar-refractivity contribution in [1.82, 2.24) is 15.1 Å². The van der Waals surface area contributed by atoms with Crippen molar-refractivity contribution in [2.75, 3.05) is 6.61 Å². The molecule has 0 aliphatic heterocycles. The maximum atomic E-state index is 10.2. The molecule has 0 saturated heterocycles. The third-order valence-corrected chi connectivity index (χ3v) is 3.72. The highest BCUT2D eigenvalue weighted by Crippen LogP contribution is 2.30. The number of benzene rings is 1. The van der Waals surface area contributed by atoms with Gasteiger partial charge in [0, 0.05) is 36.5 Å². The molecule has 5 nitrogen and oxygen atoms in total. The number of aromatic hydroxyl groups is 1. The Hall–Kier alpha value is -2.01. The number of para-hydroxylation sites is 1. The minimum atomic E-state index is 0.161. The molecule has 0 bridgehead atoms. The first-order chi connectivity index (χ1) is 10.0. The molecule has 0 amide bonds. The molecule has 21 heavy (non-hydrogen) atoms. The van der Waals surface area contributed by atoms with Gasteiger partial charge in [-0.2, -0.15) is 5.10 Å². The van der Waals surface area contributed by atoms with E-state index in [9.17, 15) is 5.11 Å². The lowest BCUT2D eigenvalue weighted by molar-refractivity contribution is 0.316. The van der Waals surface area contributed by atoms with Gasteiger partial charge in [-0.1, -0.05) is 12.1 Å². The van der Waals surface area contributed by atoms with E-state index in [1.807, 2.05) is 43.9 Å². The summed E-state index contributed by atoms with van der Waals surface area (Å²) < 4.78 is 7.26. The minimum Gasteiger partial charge on any atom is -0.504 e. The monoisotopic (exact) mass is 289 g/mol. The molecule has 1 aromatic heterocycles. The molecule has 0 saturated carbocycles. The van der Waals surface area contributed by atoms with Crippen molar-refractivity contribution in [1.29, 1.82) is 0 Å². The maximum absolute atomic E-state index is 10.2. The number of hydrogen-bond acceptors (Lipinski definition) is 4. The molecule has 2 N–H and O–H groups in total. The Balaban J connectivity index is 2.06. The van der Waals surface area contributed by atoms with Crippen molar-refractivity contribution in [2.24, 2.45) is 7.05 Å². The molecule has 114 valence electrons. The first-order valence-electron chi connectivity index (χ1n) is 7.20. The number of phenolic OH excluding ortho intramolecular Hbond substituents is 1. The van der Waals surface area contributed by atoms with Crippen LogP contribution in [-0.2, 0) is 13.6 Å². The van der Waals surface area contributed by atoms with Gasteiger partial charge in [-0.05, 0) is 26.8 Å². The van der Waals surface area contributed by atoms with Crippen LogP contribution in [0.15, 0.2) is 24.4 Å². The summed E-state index contributed by atoms with van der Waals surface area (Å²) in [5, 5.41) is 17.8. The molecule has 1 unspecified atom stereocenters. The average molecular weight is 289 g/mol. The van der Waals surface area contributed by atoms with Crippen LogP contribution in [0.1, 0.15) is 36.7 Å². The van der Waals surface area contributed by atoms with Gasteiger partial charge in [0.15, 0.2) is 11.5 Å². The SMILES string of the molecule is CCOc1cccc(CNC(C)c2cnn(C)c2C)c1O. The van der Waals surface area contributed by atoms with E-state index in [1.54, 1.807) is 6.07 Å². The molecular formula is C16H23N3O2. The lowest BCUT2D eigenvalue weighted by Crippen LogP contribution is -2.18. The van der Waals surface area contributed by atoms with Crippen LogP contribution in [0.4, 0.5) is 0 Å². The van der Waals surface area contributed by atoms with Gasteiger partial charge in [0.2, 0.25) is 0 Å². The molecule has 1 heterocycles. The number of nitrogens with one attached hydrogen (secondary N) is 1. The van der Waals surface area contributed by atoms with Crippen LogP contribution in [0.5, 0.6) is 11.5 Å². The highest BCUT2D eigenvalue weighted by atomic mass is 16.5. The zero-order valence-electron chi connectivity index (χ0n) is 13.1. The van der Waals surface area contributed by atoms with E-state index >= 15 is 0 Å². The molecule has 0 spiro atoms. The van der Waals surface area contributed by atoms with Crippen molar-refractivity contribution >= 4 is 0 Å². The van der Waals surface area contributed by atoms with Crippen LogP contribution in [-0.4, -0.2) is 21.5 Å². The summed E-state index contributed by atoms with van der Waals surface area (Å²) in [6.45, 7) is 7.15. The molecule has 0 fully saturated rings. The van der Waals surface area contributed by atoms with E-state index in [-0.39, 0.29) is 11.8 Å². The summed E-state index contributed by atoms with van der Waals surface area (Å²) in [5.74, 6) is 0.740. The third kappa shape index (κ3) is 3.36. The number of ether oxygens (including phenoxy) is 1. The molecule has 0 aliphatic carbocycles. The van der Waals surface area contributed by atoms with Crippen molar-refractivity contribution in [3.05, 3.63) is 41.2 Å². The van der Waals surface area contributed by atoms with E-state index in [0.29, 0.717) is 18.9 Å². The highest BCUT2D eigenvalue weighted by Gasteiger charge is 2.13. The Labute approximate surface area is 125 Å².